The highest BCUT2D eigenvalue weighted by molar-refractivity contribution is 6.07. The van der Waals surface area contributed by atoms with Crippen LogP contribution in [0.1, 0.15) is 37.9 Å². The number of nitrogens with zero attached hydrogens (tertiary/aromatic N) is 3. The van der Waals surface area contributed by atoms with Crippen molar-refractivity contribution in [3.8, 4) is 6.07 Å². The van der Waals surface area contributed by atoms with Gasteiger partial charge in [0, 0.05) is 6.54 Å². The zero-order chi connectivity index (χ0) is 17.8. The van der Waals surface area contributed by atoms with Gasteiger partial charge in [-0.2, -0.15) is 5.26 Å². The molecule has 7 nitrogen and oxygen atoms in total. The van der Waals surface area contributed by atoms with Gasteiger partial charge in [0.1, 0.15) is 12.3 Å². The summed E-state index contributed by atoms with van der Waals surface area (Å²) in [6, 6.07) is 5.48. The van der Waals surface area contributed by atoms with Crippen LogP contribution in [0.15, 0.2) is 22.8 Å². The lowest BCUT2D eigenvalue weighted by molar-refractivity contribution is -0.146. The van der Waals surface area contributed by atoms with Crippen molar-refractivity contribution in [3.63, 3.8) is 0 Å². The van der Waals surface area contributed by atoms with E-state index in [9.17, 15) is 14.4 Å². The monoisotopic (exact) mass is 343 g/mol. The molecule has 1 aromatic heterocycles. The Labute approximate surface area is 146 Å². The van der Waals surface area contributed by atoms with E-state index in [2.05, 4.69) is 0 Å². The zero-order valence-electron chi connectivity index (χ0n) is 14.0. The Morgan fingerprint density at radius 2 is 1.96 bits per heavy atom. The molecule has 2 aliphatic rings. The van der Waals surface area contributed by atoms with E-state index in [1.807, 2.05) is 6.07 Å². The van der Waals surface area contributed by atoms with Crippen molar-refractivity contribution < 1.29 is 18.8 Å². The zero-order valence-corrected chi connectivity index (χ0v) is 14.0. The van der Waals surface area contributed by atoms with Crippen LogP contribution in [0, 0.1) is 23.2 Å². The summed E-state index contributed by atoms with van der Waals surface area (Å²) in [5.74, 6) is -0.702. The molecule has 2 fully saturated rings. The van der Waals surface area contributed by atoms with Crippen LogP contribution in [0.4, 0.5) is 0 Å². The van der Waals surface area contributed by atoms with Crippen LogP contribution in [0.25, 0.3) is 0 Å². The van der Waals surface area contributed by atoms with E-state index in [0.717, 1.165) is 30.6 Å². The number of nitriles is 1. The maximum absolute atomic E-state index is 12.7. The molecule has 0 N–H and O–H groups in total. The van der Waals surface area contributed by atoms with Crippen molar-refractivity contribution in [3.05, 3.63) is 24.2 Å². The van der Waals surface area contributed by atoms with Gasteiger partial charge >= 0.3 is 0 Å². The SMILES string of the molecule is N#CCCN(Cc1ccco1)C(=O)CN1C(=O)C2CCCCC2C1=O. The van der Waals surface area contributed by atoms with Crippen molar-refractivity contribution in [1.29, 1.82) is 5.26 Å². The van der Waals surface area contributed by atoms with Gasteiger partial charge in [0.25, 0.3) is 0 Å². The molecule has 2 heterocycles. The molecule has 2 unspecified atom stereocenters. The van der Waals surface area contributed by atoms with Gasteiger partial charge in [0.05, 0.1) is 37.1 Å². The fourth-order valence-electron chi connectivity index (χ4n) is 3.69. The predicted molar refractivity (Wildman–Crippen MR) is 86.5 cm³/mol. The summed E-state index contributed by atoms with van der Waals surface area (Å²) in [4.78, 5) is 40.2. The van der Waals surface area contributed by atoms with E-state index in [4.69, 9.17) is 9.68 Å². The molecule has 1 saturated heterocycles. The molecule has 2 atom stereocenters. The minimum absolute atomic E-state index is 0.180. The van der Waals surface area contributed by atoms with Gasteiger partial charge in [-0.25, -0.2) is 0 Å². The molecule has 1 saturated carbocycles. The smallest absolute Gasteiger partial charge is 0.243 e. The molecule has 0 aromatic carbocycles. The molecule has 0 spiro atoms. The van der Waals surface area contributed by atoms with Crippen molar-refractivity contribution in [2.24, 2.45) is 11.8 Å². The van der Waals surface area contributed by atoms with Crippen LogP contribution in [0.5, 0.6) is 0 Å². The van der Waals surface area contributed by atoms with Gasteiger partial charge in [-0.3, -0.25) is 19.3 Å². The third-order valence-electron chi connectivity index (χ3n) is 5.00. The van der Waals surface area contributed by atoms with Crippen LogP contribution >= 0.6 is 0 Å². The Morgan fingerprint density at radius 1 is 1.28 bits per heavy atom. The lowest BCUT2D eigenvalue weighted by atomic mass is 9.81. The maximum Gasteiger partial charge on any atom is 0.243 e. The summed E-state index contributed by atoms with van der Waals surface area (Å²) in [5.41, 5.74) is 0. The van der Waals surface area contributed by atoms with E-state index >= 15 is 0 Å². The average Bonchev–Trinajstić information content (AvgIpc) is 3.22. The summed E-state index contributed by atoms with van der Waals surface area (Å²) in [6.07, 6.45) is 5.05. The van der Waals surface area contributed by atoms with Crippen molar-refractivity contribution >= 4 is 17.7 Å². The highest BCUT2D eigenvalue weighted by Gasteiger charge is 2.48. The molecule has 0 bridgehead atoms. The molecule has 1 aliphatic carbocycles. The summed E-state index contributed by atoms with van der Waals surface area (Å²) < 4.78 is 5.26. The molecule has 7 heteroatoms. The van der Waals surface area contributed by atoms with Crippen LogP contribution in [0.2, 0.25) is 0 Å². The van der Waals surface area contributed by atoms with Crippen molar-refractivity contribution in [2.75, 3.05) is 13.1 Å². The van der Waals surface area contributed by atoms with Gasteiger partial charge < -0.3 is 9.32 Å². The fourth-order valence-corrected chi connectivity index (χ4v) is 3.69. The number of hydrogen-bond donors (Lipinski definition) is 0. The Morgan fingerprint density at radius 3 is 2.52 bits per heavy atom. The number of hydrogen-bond acceptors (Lipinski definition) is 5. The number of likely N-dealkylation sites (tertiary alicyclic amines) is 1. The summed E-state index contributed by atoms with van der Waals surface area (Å²) in [5, 5.41) is 8.80. The Kier molecular flexibility index (Phi) is 5.17. The number of furan rings is 1. The molecule has 0 radical (unpaired) electrons. The van der Waals surface area contributed by atoms with E-state index in [1.54, 1.807) is 12.1 Å². The Balaban J connectivity index is 1.68. The number of rotatable bonds is 6. The molecular weight excluding hydrogens is 322 g/mol. The first-order valence-electron chi connectivity index (χ1n) is 8.64. The number of fused-ring (bicyclic) bond motifs is 1. The quantitative estimate of drug-likeness (QED) is 0.733. The number of imide groups is 1. The predicted octanol–water partition coefficient (Wildman–Crippen LogP) is 1.70. The second kappa shape index (κ2) is 7.51. The fraction of sp³-hybridized carbons (Fsp3) is 0.556. The van der Waals surface area contributed by atoms with Crippen LogP contribution in [0.3, 0.4) is 0 Å². The highest BCUT2D eigenvalue weighted by atomic mass is 16.3. The van der Waals surface area contributed by atoms with Crippen LogP contribution in [-0.4, -0.2) is 40.6 Å². The minimum atomic E-state index is -0.341. The summed E-state index contributed by atoms with van der Waals surface area (Å²) in [6.45, 7) is 0.201. The Hall–Kier alpha value is -2.62. The number of amides is 3. The lowest BCUT2D eigenvalue weighted by Gasteiger charge is -2.23. The molecule has 3 amide bonds. The second-order valence-electron chi connectivity index (χ2n) is 6.56. The molecule has 1 aliphatic heterocycles. The largest absolute Gasteiger partial charge is 0.467 e. The maximum atomic E-state index is 12.7. The standard InChI is InChI=1S/C18H21N3O4/c19-8-4-9-20(11-13-5-3-10-25-13)16(22)12-21-17(23)14-6-1-2-7-15(14)18(21)24/h3,5,10,14-15H,1-2,4,6-7,9,11-12H2. The van der Waals surface area contributed by atoms with E-state index in [1.165, 1.54) is 11.2 Å². The van der Waals surface area contributed by atoms with Crippen LogP contribution < -0.4 is 0 Å². The number of carbonyl (C=O) groups excluding carboxylic acids is 3. The lowest BCUT2D eigenvalue weighted by Crippen LogP contribution is -2.43. The second-order valence-corrected chi connectivity index (χ2v) is 6.56. The van der Waals surface area contributed by atoms with Crippen LogP contribution in [-0.2, 0) is 20.9 Å². The third kappa shape index (κ3) is 3.58. The Bertz CT molecular complexity index is 668. The first kappa shape index (κ1) is 17.2. The highest BCUT2D eigenvalue weighted by Crippen LogP contribution is 2.37. The van der Waals surface area contributed by atoms with Gasteiger partial charge in [-0.05, 0) is 25.0 Å². The first-order chi connectivity index (χ1) is 12.1. The molecule has 132 valence electrons. The summed E-state index contributed by atoms with van der Waals surface area (Å²) >= 11 is 0. The average molecular weight is 343 g/mol. The first-order valence-corrected chi connectivity index (χ1v) is 8.64. The van der Waals surface area contributed by atoms with Crippen molar-refractivity contribution in [1.82, 2.24) is 9.80 Å². The van der Waals surface area contributed by atoms with Crippen molar-refractivity contribution in [2.45, 2.75) is 38.6 Å². The van der Waals surface area contributed by atoms with Gasteiger partial charge in [-0.1, -0.05) is 12.8 Å². The normalized spacial score (nSPS) is 22.6. The van der Waals surface area contributed by atoms with Gasteiger partial charge in [0.2, 0.25) is 17.7 Å². The summed E-state index contributed by atoms with van der Waals surface area (Å²) in [7, 11) is 0. The molecule has 1 aromatic rings. The third-order valence-corrected chi connectivity index (χ3v) is 5.00. The molecular formula is C18H21N3O4. The molecule has 25 heavy (non-hydrogen) atoms. The van der Waals surface area contributed by atoms with E-state index < -0.39 is 0 Å². The molecule has 3 rings (SSSR count). The van der Waals surface area contributed by atoms with Gasteiger partial charge in [0.15, 0.2) is 0 Å². The van der Waals surface area contributed by atoms with Gasteiger partial charge in [-0.15, -0.1) is 0 Å². The minimum Gasteiger partial charge on any atom is -0.467 e. The van der Waals surface area contributed by atoms with E-state index in [0.29, 0.717) is 5.76 Å². The van der Waals surface area contributed by atoms with E-state index in [-0.39, 0.29) is 55.6 Å². The topological polar surface area (TPSA) is 94.6 Å². The number of carbonyl (C=O) groups is 3.